The minimum absolute atomic E-state index is 0.320. The van der Waals surface area contributed by atoms with Crippen molar-refractivity contribution >= 4 is 23.5 Å². The third-order valence-electron chi connectivity index (χ3n) is 2.29. The van der Waals surface area contributed by atoms with Crippen molar-refractivity contribution in [2.45, 2.75) is 12.5 Å². The molecule has 0 saturated carbocycles. The Morgan fingerprint density at radius 1 is 1.42 bits per heavy atom. The monoisotopic (exact) mass is 287 g/mol. The first-order valence-corrected chi connectivity index (χ1v) is 5.80. The third kappa shape index (κ3) is 4.76. The van der Waals surface area contributed by atoms with Gasteiger partial charge in [-0.2, -0.15) is 0 Å². The molecular formula is C12H14ClNO5. The minimum atomic E-state index is -2.01. The van der Waals surface area contributed by atoms with Gasteiger partial charge < -0.3 is 20.3 Å². The number of benzene rings is 1. The number of halogens is 1. The summed E-state index contributed by atoms with van der Waals surface area (Å²) >= 11 is 5.82. The molecule has 1 aromatic rings. The summed E-state index contributed by atoms with van der Waals surface area (Å²) in [5, 5.41) is 20.7. The van der Waals surface area contributed by atoms with Gasteiger partial charge in [0.25, 0.3) is 5.91 Å². The molecule has 104 valence electrons. The van der Waals surface area contributed by atoms with Crippen LogP contribution < -0.4 is 10.1 Å². The second-order valence-electron chi connectivity index (χ2n) is 4.07. The van der Waals surface area contributed by atoms with Gasteiger partial charge in [-0.3, -0.25) is 4.79 Å². The van der Waals surface area contributed by atoms with Gasteiger partial charge in [0.2, 0.25) is 0 Å². The Kier molecular flexibility index (Phi) is 5.14. The van der Waals surface area contributed by atoms with E-state index in [1.807, 2.05) is 0 Å². The SMILES string of the molecule is CC(O)(CNC(=O)COc1ccccc1Cl)C(=O)O. The number of ether oxygens (including phenoxy) is 1. The summed E-state index contributed by atoms with van der Waals surface area (Å²) in [5.74, 6) is -1.62. The lowest BCUT2D eigenvalue weighted by molar-refractivity contribution is -0.156. The van der Waals surface area contributed by atoms with Crippen molar-refractivity contribution in [2.75, 3.05) is 13.2 Å². The highest BCUT2D eigenvalue weighted by molar-refractivity contribution is 6.32. The number of carboxylic acids is 1. The molecule has 1 amide bonds. The molecular weight excluding hydrogens is 274 g/mol. The van der Waals surface area contributed by atoms with Crippen molar-refractivity contribution in [3.05, 3.63) is 29.3 Å². The highest BCUT2D eigenvalue weighted by Gasteiger charge is 2.30. The van der Waals surface area contributed by atoms with Crippen LogP contribution in [-0.4, -0.2) is 40.8 Å². The summed E-state index contributed by atoms with van der Waals surface area (Å²) in [6.45, 7) is 0.358. The van der Waals surface area contributed by atoms with E-state index in [2.05, 4.69) is 5.32 Å². The largest absolute Gasteiger partial charge is 0.482 e. The van der Waals surface area contributed by atoms with Gasteiger partial charge in [-0.05, 0) is 19.1 Å². The summed E-state index contributed by atoms with van der Waals surface area (Å²) in [5.41, 5.74) is -2.01. The van der Waals surface area contributed by atoms with Crippen molar-refractivity contribution in [3.63, 3.8) is 0 Å². The number of hydrogen-bond donors (Lipinski definition) is 3. The van der Waals surface area contributed by atoms with Crippen LogP contribution in [0.1, 0.15) is 6.92 Å². The number of rotatable bonds is 6. The van der Waals surface area contributed by atoms with Gasteiger partial charge in [0.1, 0.15) is 5.75 Å². The zero-order valence-electron chi connectivity index (χ0n) is 10.2. The molecule has 0 heterocycles. The fraction of sp³-hybridized carbons (Fsp3) is 0.333. The molecule has 1 aromatic carbocycles. The van der Waals surface area contributed by atoms with Gasteiger partial charge in [0.15, 0.2) is 12.2 Å². The van der Waals surface area contributed by atoms with Crippen LogP contribution in [0, 0.1) is 0 Å². The molecule has 0 radical (unpaired) electrons. The molecule has 1 unspecified atom stereocenters. The first-order valence-electron chi connectivity index (χ1n) is 5.43. The average molecular weight is 288 g/mol. The van der Waals surface area contributed by atoms with Crippen molar-refractivity contribution in [1.29, 1.82) is 0 Å². The predicted molar refractivity (Wildman–Crippen MR) is 68.2 cm³/mol. The molecule has 3 N–H and O–H groups in total. The Morgan fingerprint density at radius 2 is 2.05 bits per heavy atom. The molecule has 7 heteroatoms. The van der Waals surface area contributed by atoms with E-state index in [0.717, 1.165) is 6.92 Å². The Bertz CT molecular complexity index is 475. The quantitative estimate of drug-likeness (QED) is 0.715. The van der Waals surface area contributed by atoms with Crippen LogP contribution in [-0.2, 0) is 9.59 Å². The van der Waals surface area contributed by atoms with Crippen molar-refractivity contribution in [1.82, 2.24) is 5.32 Å². The molecule has 6 nitrogen and oxygen atoms in total. The topological polar surface area (TPSA) is 95.9 Å². The first-order chi connectivity index (χ1) is 8.83. The van der Waals surface area contributed by atoms with Crippen LogP contribution in [0.5, 0.6) is 5.75 Å². The highest BCUT2D eigenvalue weighted by atomic mass is 35.5. The lowest BCUT2D eigenvalue weighted by Gasteiger charge is -2.18. The van der Waals surface area contributed by atoms with Gasteiger partial charge in [-0.25, -0.2) is 4.79 Å². The molecule has 0 aliphatic rings. The zero-order valence-corrected chi connectivity index (χ0v) is 11.0. The Labute approximate surface area is 114 Å². The maximum Gasteiger partial charge on any atom is 0.337 e. The molecule has 0 aromatic heterocycles. The van der Waals surface area contributed by atoms with Crippen LogP contribution in [0.3, 0.4) is 0 Å². The van der Waals surface area contributed by atoms with Crippen LogP contribution >= 0.6 is 11.6 Å². The average Bonchev–Trinajstić information content (AvgIpc) is 2.35. The summed E-state index contributed by atoms with van der Waals surface area (Å²) in [6, 6.07) is 6.64. The van der Waals surface area contributed by atoms with E-state index in [1.54, 1.807) is 24.3 Å². The van der Waals surface area contributed by atoms with Gasteiger partial charge in [0, 0.05) is 0 Å². The predicted octanol–water partition coefficient (Wildman–Crippen LogP) is 0.671. The van der Waals surface area contributed by atoms with Crippen LogP contribution in [0.25, 0.3) is 0 Å². The number of nitrogens with one attached hydrogen (secondary N) is 1. The zero-order chi connectivity index (χ0) is 14.5. The van der Waals surface area contributed by atoms with E-state index >= 15 is 0 Å². The third-order valence-corrected chi connectivity index (χ3v) is 2.60. The summed E-state index contributed by atoms with van der Waals surface area (Å²) in [4.78, 5) is 22.0. The molecule has 1 rings (SSSR count). The lowest BCUT2D eigenvalue weighted by Crippen LogP contribution is -2.47. The van der Waals surface area contributed by atoms with Crippen LogP contribution in [0.2, 0.25) is 5.02 Å². The number of carbonyl (C=O) groups is 2. The lowest BCUT2D eigenvalue weighted by atomic mass is 10.1. The fourth-order valence-corrected chi connectivity index (χ4v) is 1.29. The van der Waals surface area contributed by atoms with Crippen LogP contribution in [0.4, 0.5) is 0 Å². The number of carbonyl (C=O) groups excluding carboxylic acids is 1. The van der Waals surface area contributed by atoms with Crippen molar-refractivity contribution in [3.8, 4) is 5.75 Å². The van der Waals surface area contributed by atoms with E-state index in [1.165, 1.54) is 0 Å². The molecule has 0 saturated heterocycles. The molecule has 0 aliphatic heterocycles. The maximum absolute atomic E-state index is 11.4. The Hall–Kier alpha value is -1.79. The number of hydrogen-bond acceptors (Lipinski definition) is 4. The molecule has 0 bridgehead atoms. The highest BCUT2D eigenvalue weighted by Crippen LogP contribution is 2.22. The van der Waals surface area contributed by atoms with Gasteiger partial charge in [0.05, 0.1) is 11.6 Å². The maximum atomic E-state index is 11.4. The Balaban J connectivity index is 2.41. The number of amides is 1. The minimum Gasteiger partial charge on any atom is -0.482 e. The molecule has 0 spiro atoms. The van der Waals surface area contributed by atoms with E-state index in [0.29, 0.717) is 10.8 Å². The molecule has 0 fully saturated rings. The van der Waals surface area contributed by atoms with Crippen molar-refractivity contribution < 1.29 is 24.5 Å². The first kappa shape index (κ1) is 15.3. The second kappa shape index (κ2) is 6.40. The normalized spacial score (nSPS) is 13.4. The van der Waals surface area contributed by atoms with Crippen LogP contribution in [0.15, 0.2) is 24.3 Å². The smallest absolute Gasteiger partial charge is 0.337 e. The molecule has 0 aliphatic carbocycles. The summed E-state index contributed by atoms with van der Waals surface area (Å²) in [7, 11) is 0. The summed E-state index contributed by atoms with van der Waals surface area (Å²) < 4.78 is 5.15. The second-order valence-corrected chi connectivity index (χ2v) is 4.48. The number of aliphatic carboxylic acids is 1. The van der Waals surface area contributed by atoms with Crippen molar-refractivity contribution in [2.24, 2.45) is 0 Å². The van der Waals surface area contributed by atoms with E-state index in [4.69, 9.17) is 21.4 Å². The van der Waals surface area contributed by atoms with Gasteiger partial charge in [-0.15, -0.1) is 0 Å². The Morgan fingerprint density at radius 3 is 2.63 bits per heavy atom. The van der Waals surface area contributed by atoms with E-state index in [-0.39, 0.29) is 6.61 Å². The van der Waals surface area contributed by atoms with Gasteiger partial charge >= 0.3 is 5.97 Å². The number of carboxylic acid groups (broad SMARTS) is 1. The molecule has 1 atom stereocenters. The van der Waals surface area contributed by atoms with E-state index in [9.17, 15) is 14.7 Å². The van der Waals surface area contributed by atoms with E-state index < -0.39 is 24.0 Å². The fourth-order valence-electron chi connectivity index (χ4n) is 1.10. The number of aliphatic hydroxyl groups is 1. The molecule has 19 heavy (non-hydrogen) atoms. The summed E-state index contributed by atoms with van der Waals surface area (Å²) in [6.07, 6.45) is 0. The standard InChI is InChI=1S/C12H14ClNO5/c1-12(18,11(16)17)7-14-10(15)6-19-9-5-3-2-4-8(9)13/h2-5,18H,6-7H2,1H3,(H,14,15)(H,16,17). The number of para-hydroxylation sites is 1. The van der Waals surface area contributed by atoms with Gasteiger partial charge in [-0.1, -0.05) is 23.7 Å².